The van der Waals surface area contributed by atoms with Crippen LogP contribution < -0.4 is 0 Å². The van der Waals surface area contributed by atoms with E-state index in [1.165, 1.54) is 0 Å². The Labute approximate surface area is 286 Å². The van der Waals surface area contributed by atoms with Crippen molar-refractivity contribution >= 4 is 54.4 Å². The van der Waals surface area contributed by atoms with Crippen LogP contribution in [0.3, 0.4) is 0 Å². The summed E-state index contributed by atoms with van der Waals surface area (Å²) in [6, 6.07) is 48.5. The van der Waals surface area contributed by atoms with Crippen LogP contribution in [0.4, 0.5) is 0 Å². The Balaban J connectivity index is 1.01. The fourth-order valence-corrected chi connectivity index (χ4v) is 6.96. The number of benzene rings is 5. The van der Waals surface area contributed by atoms with Crippen molar-refractivity contribution in [1.82, 2.24) is 29.9 Å². The lowest BCUT2D eigenvalue weighted by Gasteiger charge is -2.13. The van der Waals surface area contributed by atoms with E-state index in [4.69, 9.17) is 15.0 Å². The first-order valence-corrected chi connectivity index (χ1v) is 16.5. The van der Waals surface area contributed by atoms with Gasteiger partial charge in [-0.05, 0) is 76.5 Å². The zero-order chi connectivity index (χ0) is 33.0. The second-order valence-corrected chi connectivity index (χ2v) is 12.4. The van der Waals surface area contributed by atoms with Gasteiger partial charge in [0.25, 0.3) is 0 Å². The summed E-state index contributed by atoms with van der Waals surface area (Å²) in [5.41, 5.74) is 11.7. The van der Waals surface area contributed by atoms with Crippen molar-refractivity contribution < 1.29 is 0 Å². The Morgan fingerprint density at radius 1 is 0.360 bits per heavy atom. The van der Waals surface area contributed by atoms with Crippen LogP contribution in [-0.2, 0) is 0 Å². The summed E-state index contributed by atoms with van der Waals surface area (Å²) in [5.74, 6) is 0. The summed E-state index contributed by atoms with van der Waals surface area (Å²) in [4.78, 5) is 28.1. The normalized spacial score (nSPS) is 11.6. The first-order chi connectivity index (χ1) is 24.7. The van der Waals surface area contributed by atoms with Crippen LogP contribution in [0.25, 0.3) is 99.4 Å². The number of nitrogens with zero attached hydrogens (tertiary/aromatic N) is 6. The molecule has 6 heteroatoms. The van der Waals surface area contributed by atoms with Gasteiger partial charge in [-0.15, -0.1) is 0 Å². The molecular weight excluding hydrogens is 613 g/mol. The van der Waals surface area contributed by atoms with Gasteiger partial charge in [0.2, 0.25) is 0 Å². The Kier molecular flexibility index (Phi) is 6.39. The molecule has 0 saturated heterocycles. The molecule has 5 aromatic heterocycles. The topological polar surface area (TPSA) is 77.3 Å². The maximum absolute atomic E-state index is 5.15. The number of hydrogen-bond donors (Lipinski definition) is 0. The molecule has 0 aliphatic heterocycles. The largest absolute Gasteiger partial charge is 0.254 e. The molecule has 10 aromatic rings. The molecule has 5 heterocycles. The maximum Gasteiger partial charge on any atom is 0.116 e. The van der Waals surface area contributed by atoms with E-state index in [2.05, 4.69) is 136 Å². The number of aromatic nitrogens is 6. The zero-order valence-electron chi connectivity index (χ0n) is 26.7. The van der Waals surface area contributed by atoms with Gasteiger partial charge in [0.1, 0.15) is 6.33 Å². The van der Waals surface area contributed by atoms with Gasteiger partial charge in [-0.3, -0.25) is 4.98 Å². The molecule has 0 unspecified atom stereocenters. The van der Waals surface area contributed by atoms with Crippen LogP contribution >= 0.6 is 0 Å². The molecular formula is C44H26N6. The van der Waals surface area contributed by atoms with Crippen LogP contribution in [0.1, 0.15) is 0 Å². The number of pyridine rings is 4. The molecule has 0 fully saturated rings. The van der Waals surface area contributed by atoms with Crippen molar-refractivity contribution in [2.24, 2.45) is 0 Å². The number of hydrogen-bond acceptors (Lipinski definition) is 6. The van der Waals surface area contributed by atoms with E-state index in [0.717, 1.165) is 99.4 Å². The Morgan fingerprint density at radius 2 is 0.960 bits per heavy atom. The minimum absolute atomic E-state index is 0.810. The van der Waals surface area contributed by atoms with Crippen molar-refractivity contribution in [1.29, 1.82) is 0 Å². The Morgan fingerprint density at radius 3 is 1.64 bits per heavy atom. The fourth-order valence-electron chi connectivity index (χ4n) is 6.96. The second-order valence-electron chi connectivity index (χ2n) is 12.4. The summed E-state index contributed by atoms with van der Waals surface area (Å²) in [6.07, 6.45) is 5.11. The molecule has 0 amide bonds. The monoisotopic (exact) mass is 638 g/mol. The van der Waals surface area contributed by atoms with Crippen LogP contribution in [0.15, 0.2) is 158 Å². The summed E-state index contributed by atoms with van der Waals surface area (Å²) in [5, 5.41) is 6.60. The lowest BCUT2D eigenvalue weighted by Crippen LogP contribution is -1.92. The van der Waals surface area contributed by atoms with Gasteiger partial charge in [0.15, 0.2) is 0 Å². The molecule has 0 radical (unpaired) electrons. The Hall–Kier alpha value is -6.92. The predicted molar refractivity (Wildman–Crippen MR) is 202 cm³/mol. The van der Waals surface area contributed by atoms with Crippen LogP contribution in [0.5, 0.6) is 0 Å². The van der Waals surface area contributed by atoms with Crippen molar-refractivity contribution in [3.05, 3.63) is 158 Å². The third-order valence-corrected chi connectivity index (χ3v) is 9.46. The molecule has 0 aliphatic rings. The standard InChI is InChI=1S/C44H26N6/c1-2-6-34-33(5-1)35(14-15-36(34)40-18-9-28-8-7-27-4-3-22-46-43(27)44(28)50-40)39-19-12-31-24-29(10-16-37(31)48-39)30-11-17-38-32(25-30)13-20-42(49-38)41-21-23-45-26-47-41/h1-26H. The van der Waals surface area contributed by atoms with Crippen molar-refractivity contribution in [3.8, 4) is 45.0 Å². The van der Waals surface area contributed by atoms with E-state index in [1.807, 2.05) is 24.4 Å². The lowest BCUT2D eigenvalue weighted by atomic mass is 9.95. The summed E-state index contributed by atoms with van der Waals surface area (Å²) in [6.45, 7) is 0. The molecule has 0 N–H and O–H groups in total. The highest BCUT2D eigenvalue weighted by molar-refractivity contribution is 6.07. The zero-order valence-corrected chi connectivity index (χ0v) is 26.7. The average molecular weight is 639 g/mol. The minimum Gasteiger partial charge on any atom is -0.254 e. The van der Waals surface area contributed by atoms with Crippen molar-refractivity contribution in [2.75, 3.05) is 0 Å². The van der Waals surface area contributed by atoms with Crippen LogP contribution in [0, 0.1) is 0 Å². The molecule has 0 aliphatic carbocycles. The highest BCUT2D eigenvalue weighted by atomic mass is 14.8. The third kappa shape index (κ3) is 4.73. The van der Waals surface area contributed by atoms with Crippen molar-refractivity contribution in [3.63, 3.8) is 0 Å². The molecule has 0 spiro atoms. The molecule has 10 rings (SSSR count). The molecule has 0 atom stereocenters. The molecule has 232 valence electrons. The van der Waals surface area contributed by atoms with Gasteiger partial charge in [-0.2, -0.15) is 0 Å². The number of fused-ring (bicyclic) bond motifs is 6. The molecule has 0 saturated carbocycles. The van der Waals surface area contributed by atoms with E-state index in [1.54, 1.807) is 12.5 Å². The predicted octanol–water partition coefficient (Wildman–Crippen LogP) is 10.5. The van der Waals surface area contributed by atoms with Crippen LogP contribution in [-0.4, -0.2) is 29.9 Å². The molecule has 0 bridgehead atoms. The van der Waals surface area contributed by atoms with E-state index < -0.39 is 0 Å². The maximum atomic E-state index is 5.15. The third-order valence-electron chi connectivity index (χ3n) is 9.46. The SMILES string of the molecule is c1cnc2c(c1)ccc1ccc(-c3ccc(-c4ccc5cc(-c6ccc7nc(-c8ccncn8)ccc7c6)ccc5n4)c4ccccc34)nc12. The lowest BCUT2D eigenvalue weighted by molar-refractivity contribution is 1.16. The molecule has 6 nitrogen and oxygen atoms in total. The van der Waals surface area contributed by atoms with Gasteiger partial charge in [-0.25, -0.2) is 24.9 Å². The van der Waals surface area contributed by atoms with Crippen molar-refractivity contribution in [2.45, 2.75) is 0 Å². The number of rotatable bonds is 4. The van der Waals surface area contributed by atoms with E-state index in [9.17, 15) is 0 Å². The second kappa shape index (κ2) is 11.4. The van der Waals surface area contributed by atoms with Gasteiger partial charge in [-0.1, -0.05) is 84.9 Å². The van der Waals surface area contributed by atoms with E-state index >= 15 is 0 Å². The molecule has 5 aromatic carbocycles. The summed E-state index contributed by atoms with van der Waals surface area (Å²) >= 11 is 0. The average Bonchev–Trinajstić information content (AvgIpc) is 3.19. The molecule has 50 heavy (non-hydrogen) atoms. The first-order valence-electron chi connectivity index (χ1n) is 16.5. The highest BCUT2D eigenvalue weighted by Crippen LogP contribution is 2.37. The van der Waals surface area contributed by atoms with E-state index in [0.29, 0.717) is 0 Å². The summed E-state index contributed by atoms with van der Waals surface area (Å²) in [7, 11) is 0. The highest BCUT2D eigenvalue weighted by Gasteiger charge is 2.14. The fraction of sp³-hybridized carbons (Fsp3) is 0. The summed E-state index contributed by atoms with van der Waals surface area (Å²) < 4.78 is 0. The van der Waals surface area contributed by atoms with Gasteiger partial charge in [0.05, 0.1) is 44.8 Å². The van der Waals surface area contributed by atoms with Crippen LogP contribution in [0.2, 0.25) is 0 Å². The Bertz CT molecular complexity index is 2940. The quantitative estimate of drug-likeness (QED) is 0.179. The minimum atomic E-state index is 0.810. The smallest absolute Gasteiger partial charge is 0.116 e. The van der Waals surface area contributed by atoms with Gasteiger partial charge >= 0.3 is 0 Å². The van der Waals surface area contributed by atoms with Gasteiger partial charge < -0.3 is 0 Å². The first kappa shape index (κ1) is 28.1. The van der Waals surface area contributed by atoms with E-state index in [-0.39, 0.29) is 0 Å². The van der Waals surface area contributed by atoms with Gasteiger partial charge in [0, 0.05) is 45.1 Å².